The molecule has 1 aliphatic heterocycles. The molecule has 0 radical (unpaired) electrons. The summed E-state index contributed by atoms with van der Waals surface area (Å²) in [6.07, 6.45) is 1.15. The quantitative estimate of drug-likeness (QED) is 0.807. The van der Waals surface area contributed by atoms with E-state index < -0.39 is 0 Å². The highest BCUT2D eigenvalue weighted by atomic mass is 79.9. The number of rotatable bonds is 2. The molecule has 0 bridgehead atoms. The molecule has 1 fully saturated rings. The lowest BCUT2D eigenvalue weighted by Crippen LogP contribution is -2.34. The molecule has 2 aromatic rings. The first-order valence-electron chi connectivity index (χ1n) is 6.96. The Bertz CT molecular complexity index is 599. The Morgan fingerprint density at radius 1 is 1.05 bits per heavy atom. The topological polar surface area (TPSA) is 12.0 Å². The number of nitrogens with one attached hydrogen (secondary N) is 1. The Hall–Kier alpha value is -0.830. The molecule has 1 heterocycles. The Balaban J connectivity index is 1.98. The lowest BCUT2D eigenvalue weighted by Gasteiger charge is -2.33. The van der Waals surface area contributed by atoms with Gasteiger partial charge in [-0.1, -0.05) is 57.9 Å². The van der Waals surface area contributed by atoms with Crippen LogP contribution in [0.15, 0.2) is 53.0 Å². The van der Waals surface area contributed by atoms with Gasteiger partial charge in [0.2, 0.25) is 0 Å². The molecule has 1 aliphatic rings. The minimum atomic E-state index is 0.437. The van der Waals surface area contributed by atoms with Gasteiger partial charge in [-0.2, -0.15) is 0 Å². The molecule has 0 amide bonds. The van der Waals surface area contributed by atoms with Gasteiger partial charge in [-0.05, 0) is 48.2 Å². The molecular weight excluding hydrogens is 334 g/mol. The van der Waals surface area contributed by atoms with Gasteiger partial charge >= 0.3 is 0 Å². The van der Waals surface area contributed by atoms with E-state index in [1.165, 1.54) is 11.1 Å². The summed E-state index contributed by atoms with van der Waals surface area (Å²) in [6, 6.07) is 16.9. The maximum atomic E-state index is 6.40. The van der Waals surface area contributed by atoms with E-state index in [0.29, 0.717) is 11.8 Å². The third kappa shape index (κ3) is 2.93. The van der Waals surface area contributed by atoms with E-state index >= 15 is 0 Å². The summed E-state index contributed by atoms with van der Waals surface area (Å²) in [4.78, 5) is 0. The van der Waals surface area contributed by atoms with Crippen molar-refractivity contribution in [1.29, 1.82) is 0 Å². The van der Waals surface area contributed by atoms with E-state index in [2.05, 4.69) is 57.6 Å². The molecule has 1 saturated heterocycles. The monoisotopic (exact) mass is 349 g/mol. The second-order valence-corrected chi connectivity index (χ2v) is 6.61. The van der Waals surface area contributed by atoms with Gasteiger partial charge in [0.15, 0.2) is 0 Å². The number of halogens is 2. The molecule has 1 nitrogen and oxygen atoms in total. The summed E-state index contributed by atoms with van der Waals surface area (Å²) in [7, 11) is 0. The maximum Gasteiger partial charge on any atom is 0.0441 e. The summed E-state index contributed by atoms with van der Waals surface area (Å²) in [5.74, 6) is 0.959. The van der Waals surface area contributed by atoms with Gasteiger partial charge in [-0.15, -0.1) is 0 Å². The van der Waals surface area contributed by atoms with Crippen LogP contribution in [-0.2, 0) is 0 Å². The lowest BCUT2D eigenvalue weighted by molar-refractivity contribution is 0.404. The summed E-state index contributed by atoms with van der Waals surface area (Å²) in [5, 5.41) is 4.38. The standard InChI is InChI=1S/C17H17BrClN/c18-13-5-3-4-12(10-13)14-8-9-20-11-16(14)15-6-1-2-7-17(15)19/h1-7,10,14,16,20H,8-9,11H2. The number of piperidine rings is 1. The average Bonchev–Trinajstić information content (AvgIpc) is 2.48. The van der Waals surface area contributed by atoms with Gasteiger partial charge in [0.25, 0.3) is 0 Å². The third-order valence-electron chi connectivity index (χ3n) is 4.06. The highest BCUT2D eigenvalue weighted by molar-refractivity contribution is 9.10. The fourth-order valence-electron chi connectivity index (χ4n) is 3.10. The molecular formula is C17H17BrClN. The van der Waals surface area contributed by atoms with Crippen molar-refractivity contribution in [2.45, 2.75) is 18.3 Å². The molecule has 3 heteroatoms. The van der Waals surface area contributed by atoms with E-state index in [1.807, 2.05) is 12.1 Å². The highest BCUT2D eigenvalue weighted by Gasteiger charge is 2.28. The van der Waals surface area contributed by atoms with Crippen LogP contribution < -0.4 is 5.32 Å². The normalized spacial score (nSPS) is 22.7. The van der Waals surface area contributed by atoms with Crippen molar-refractivity contribution in [3.63, 3.8) is 0 Å². The van der Waals surface area contributed by atoms with Crippen molar-refractivity contribution in [3.05, 3.63) is 69.2 Å². The van der Waals surface area contributed by atoms with Gasteiger partial charge in [-0.25, -0.2) is 0 Å². The van der Waals surface area contributed by atoms with Crippen molar-refractivity contribution in [2.24, 2.45) is 0 Å². The van der Waals surface area contributed by atoms with Crippen LogP contribution in [0.5, 0.6) is 0 Å². The summed E-state index contributed by atoms with van der Waals surface area (Å²) in [5.41, 5.74) is 2.65. The maximum absolute atomic E-state index is 6.40. The van der Waals surface area contributed by atoms with Gasteiger partial charge in [0.05, 0.1) is 0 Å². The number of hydrogen-bond donors (Lipinski definition) is 1. The molecule has 0 aromatic heterocycles. The second-order valence-electron chi connectivity index (χ2n) is 5.28. The van der Waals surface area contributed by atoms with E-state index in [1.54, 1.807) is 0 Å². The Kier molecular flexibility index (Phi) is 4.45. The number of hydrogen-bond acceptors (Lipinski definition) is 1. The Morgan fingerprint density at radius 3 is 2.70 bits per heavy atom. The van der Waals surface area contributed by atoms with Gasteiger partial charge in [0.1, 0.15) is 0 Å². The zero-order valence-corrected chi connectivity index (χ0v) is 13.5. The first-order chi connectivity index (χ1) is 9.75. The first kappa shape index (κ1) is 14.1. The summed E-state index contributed by atoms with van der Waals surface area (Å²) < 4.78 is 1.14. The fraction of sp³-hybridized carbons (Fsp3) is 0.294. The van der Waals surface area contributed by atoms with Gasteiger partial charge in [-0.3, -0.25) is 0 Å². The predicted octanol–water partition coefficient (Wildman–Crippen LogP) is 4.96. The highest BCUT2D eigenvalue weighted by Crippen LogP contribution is 2.40. The van der Waals surface area contributed by atoms with Crippen LogP contribution in [0.2, 0.25) is 5.02 Å². The van der Waals surface area contributed by atoms with Gasteiger partial charge < -0.3 is 5.32 Å². The summed E-state index contributed by atoms with van der Waals surface area (Å²) in [6.45, 7) is 2.05. The van der Waals surface area contributed by atoms with Crippen molar-refractivity contribution >= 4 is 27.5 Å². The molecule has 2 aromatic carbocycles. The van der Waals surface area contributed by atoms with Crippen LogP contribution >= 0.6 is 27.5 Å². The van der Waals surface area contributed by atoms with Crippen LogP contribution in [0.4, 0.5) is 0 Å². The molecule has 0 aliphatic carbocycles. The predicted molar refractivity (Wildman–Crippen MR) is 88.6 cm³/mol. The van der Waals surface area contributed by atoms with Crippen molar-refractivity contribution in [3.8, 4) is 0 Å². The first-order valence-corrected chi connectivity index (χ1v) is 8.13. The molecule has 0 spiro atoms. The van der Waals surface area contributed by atoms with E-state index in [4.69, 9.17) is 11.6 Å². The Morgan fingerprint density at radius 2 is 1.90 bits per heavy atom. The van der Waals surface area contributed by atoms with Crippen LogP contribution in [-0.4, -0.2) is 13.1 Å². The molecule has 0 saturated carbocycles. The number of benzene rings is 2. The molecule has 3 rings (SSSR count). The minimum Gasteiger partial charge on any atom is -0.316 e. The van der Waals surface area contributed by atoms with Crippen molar-refractivity contribution < 1.29 is 0 Å². The average molecular weight is 351 g/mol. The van der Waals surface area contributed by atoms with Crippen LogP contribution in [0.25, 0.3) is 0 Å². The van der Waals surface area contributed by atoms with Crippen LogP contribution in [0.1, 0.15) is 29.4 Å². The molecule has 104 valence electrons. The van der Waals surface area contributed by atoms with E-state index in [-0.39, 0.29) is 0 Å². The lowest BCUT2D eigenvalue weighted by atomic mass is 9.77. The zero-order chi connectivity index (χ0) is 13.9. The molecule has 2 unspecified atom stereocenters. The molecule has 1 N–H and O–H groups in total. The minimum absolute atomic E-state index is 0.437. The largest absolute Gasteiger partial charge is 0.316 e. The molecule has 20 heavy (non-hydrogen) atoms. The molecule has 2 atom stereocenters. The van der Waals surface area contributed by atoms with Crippen LogP contribution in [0, 0.1) is 0 Å². The van der Waals surface area contributed by atoms with Crippen molar-refractivity contribution in [1.82, 2.24) is 5.32 Å². The third-order valence-corrected chi connectivity index (χ3v) is 4.90. The van der Waals surface area contributed by atoms with Gasteiger partial charge in [0, 0.05) is 22.0 Å². The fourth-order valence-corrected chi connectivity index (χ4v) is 3.79. The second kappa shape index (κ2) is 6.30. The Labute approximate surface area is 133 Å². The van der Waals surface area contributed by atoms with Crippen molar-refractivity contribution in [2.75, 3.05) is 13.1 Å². The van der Waals surface area contributed by atoms with E-state index in [9.17, 15) is 0 Å². The van der Waals surface area contributed by atoms with Crippen LogP contribution in [0.3, 0.4) is 0 Å². The van der Waals surface area contributed by atoms with E-state index in [0.717, 1.165) is 29.0 Å². The summed E-state index contributed by atoms with van der Waals surface area (Å²) >= 11 is 9.98. The smallest absolute Gasteiger partial charge is 0.0441 e. The zero-order valence-electron chi connectivity index (χ0n) is 11.2. The SMILES string of the molecule is Clc1ccccc1C1CNCCC1c1cccc(Br)c1.